The van der Waals surface area contributed by atoms with Gasteiger partial charge in [-0.2, -0.15) is 0 Å². The molecule has 1 aromatic heterocycles. The Kier molecular flexibility index (Phi) is 4.95. The van der Waals surface area contributed by atoms with Crippen LogP contribution in [-0.4, -0.2) is 27.7 Å². The quantitative estimate of drug-likeness (QED) is 0.665. The molecule has 1 heterocycles. The number of hydrogen-bond acceptors (Lipinski definition) is 4. The fourth-order valence-electron chi connectivity index (χ4n) is 2.85. The van der Waals surface area contributed by atoms with E-state index in [-0.39, 0.29) is 23.1 Å². The second kappa shape index (κ2) is 7.12. The molecule has 1 aromatic carbocycles. The van der Waals surface area contributed by atoms with Gasteiger partial charge < -0.3 is 10.3 Å². The zero-order valence-corrected chi connectivity index (χ0v) is 13.4. The van der Waals surface area contributed by atoms with Gasteiger partial charge in [-0.1, -0.05) is 37.1 Å². The molecule has 7 heteroatoms. The number of benzene rings is 1. The van der Waals surface area contributed by atoms with Crippen LogP contribution in [0.5, 0.6) is 0 Å². The lowest BCUT2D eigenvalue weighted by atomic mass is 9.95. The number of nitrogens with zero attached hydrogens (tertiary/aromatic N) is 1. The van der Waals surface area contributed by atoms with Crippen molar-refractivity contribution in [2.75, 3.05) is 5.75 Å². The Balaban J connectivity index is 1.65. The Morgan fingerprint density at radius 3 is 2.91 bits per heavy atom. The molecule has 0 radical (unpaired) electrons. The number of H-pyrrole nitrogens is 1. The van der Waals surface area contributed by atoms with Crippen LogP contribution in [-0.2, 0) is 4.79 Å². The largest absolute Gasteiger partial charge is 0.353 e. The first-order chi connectivity index (χ1) is 11.1. The smallest absolute Gasteiger partial charge is 0.262 e. The molecule has 122 valence electrons. The molecule has 1 amide bonds. The molecular weight excluding hydrogens is 317 g/mol. The number of carbonyl (C=O) groups excluding carboxylic acids is 1. The highest BCUT2D eigenvalue weighted by Gasteiger charge is 2.16. The van der Waals surface area contributed by atoms with Crippen LogP contribution in [0.25, 0.3) is 10.9 Å². The molecule has 0 aliphatic heterocycles. The van der Waals surface area contributed by atoms with Gasteiger partial charge in [0.05, 0.1) is 11.3 Å². The zero-order chi connectivity index (χ0) is 16.2. The van der Waals surface area contributed by atoms with Crippen LogP contribution in [0.1, 0.15) is 32.1 Å². The summed E-state index contributed by atoms with van der Waals surface area (Å²) >= 11 is 1.15. The van der Waals surface area contributed by atoms with Crippen LogP contribution in [0.3, 0.4) is 0 Å². The van der Waals surface area contributed by atoms with Gasteiger partial charge >= 0.3 is 0 Å². The third kappa shape index (κ3) is 3.90. The third-order valence-corrected chi connectivity index (χ3v) is 4.84. The normalized spacial score (nSPS) is 15.7. The van der Waals surface area contributed by atoms with Crippen molar-refractivity contribution in [3.63, 3.8) is 0 Å². The average Bonchev–Trinajstić information content (AvgIpc) is 2.54. The highest BCUT2D eigenvalue weighted by atomic mass is 32.2. The van der Waals surface area contributed by atoms with Crippen LogP contribution in [0.15, 0.2) is 28.2 Å². The van der Waals surface area contributed by atoms with Crippen molar-refractivity contribution < 1.29 is 9.18 Å². The Hall–Kier alpha value is -1.89. The van der Waals surface area contributed by atoms with Gasteiger partial charge in [0.1, 0.15) is 11.2 Å². The lowest BCUT2D eigenvalue weighted by Crippen LogP contribution is -2.37. The number of aromatic nitrogens is 2. The number of fused-ring (bicyclic) bond motifs is 1. The lowest BCUT2D eigenvalue weighted by Gasteiger charge is -2.22. The van der Waals surface area contributed by atoms with Gasteiger partial charge in [-0.25, -0.2) is 9.37 Å². The molecule has 23 heavy (non-hydrogen) atoms. The lowest BCUT2D eigenvalue weighted by molar-refractivity contribution is -0.119. The summed E-state index contributed by atoms with van der Waals surface area (Å²) in [6.07, 6.45) is 5.60. The highest BCUT2D eigenvalue weighted by Crippen LogP contribution is 2.19. The number of halogens is 1. The van der Waals surface area contributed by atoms with E-state index in [0.717, 1.165) is 37.4 Å². The summed E-state index contributed by atoms with van der Waals surface area (Å²) in [6, 6.07) is 4.58. The number of thioether (sulfide) groups is 1. The van der Waals surface area contributed by atoms with Crippen molar-refractivity contribution in [3.05, 3.63) is 34.4 Å². The Morgan fingerprint density at radius 2 is 2.13 bits per heavy atom. The maximum absolute atomic E-state index is 13.6. The Labute approximate surface area is 137 Å². The van der Waals surface area contributed by atoms with Crippen LogP contribution in [0.2, 0.25) is 0 Å². The number of nitrogens with one attached hydrogen (secondary N) is 2. The predicted octanol–water partition coefficient (Wildman–Crippen LogP) is 2.60. The zero-order valence-electron chi connectivity index (χ0n) is 12.6. The minimum Gasteiger partial charge on any atom is -0.353 e. The van der Waals surface area contributed by atoms with Crippen molar-refractivity contribution in [2.24, 2.45) is 0 Å². The first-order valence-corrected chi connectivity index (χ1v) is 8.73. The van der Waals surface area contributed by atoms with E-state index < -0.39 is 11.4 Å². The molecule has 2 aromatic rings. The van der Waals surface area contributed by atoms with Gasteiger partial charge in [-0.05, 0) is 25.0 Å². The van der Waals surface area contributed by atoms with Crippen molar-refractivity contribution >= 4 is 28.6 Å². The number of aromatic amines is 1. The van der Waals surface area contributed by atoms with Gasteiger partial charge in [0.25, 0.3) is 5.56 Å². The number of rotatable bonds is 4. The summed E-state index contributed by atoms with van der Waals surface area (Å²) in [4.78, 5) is 30.6. The average molecular weight is 335 g/mol. The van der Waals surface area contributed by atoms with Crippen molar-refractivity contribution in [1.29, 1.82) is 0 Å². The standard InChI is InChI=1S/C16H18FN3O2S/c17-11-7-4-8-12-14(11)15(22)20-16(19-12)23-9-13(21)18-10-5-2-1-3-6-10/h4,7-8,10H,1-3,5-6,9H2,(H,18,21)(H,19,20,22). The first-order valence-electron chi connectivity index (χ1n) is 7.74. The molecule has 0 atom stereocenters. The van der Waals surface area contributed by atoms with Gasteiger partial charge in [-0.15, -0.1) is 0 Å². The number of hydrogen-bond donors (Lipinski definition) is 2. The second-order valence-corrected chi connectivity index (χ2v) is 6.66. The van der Waals surface area contributed by atoms with Gasteiger partial charge in [-0.3, -0.25) is 9.59 Å². The molecule has 2 N–H and O–H groups in total. The molecule has 0 unspecified atom stereocenters. The van der Waals surface area contributed by atoms with Crippen LogP contribution < -0.4 is 10.9 Å². The van der Waals surface area contributed by atoms with E-state index in [1.165, 1.54) is 18.6 Å². The van der Waals surface area contributed by atoms with E-state index in [0.29, 0.717) is 10.7 Å². The fourth-order valence-corrected chi connectivity index (χ4v) is 3.53. The molecule has 3 rings (SSSR count). The molecule has 5 nitrogen and oxygen atoms in total. The number of carbonyl (C=O) groups is 1. The molecule has 1 aliphatic rings. The first kappa shape index (κ1) is 16.0. The molecule has 1 fully saturated rings. The van der Waals surface area contributed by atoms with E-state index in [4.69, 9.17) is 0 Å². The van der Waals surface area contributed by atoms with Gasteiger partial charge in [0.15, 0.2) is 5.16 Å². The van der Waals surface area contributed by atoms with Crippen LogP contribution in [0.4, 0.5) is 4.39 Å². The molecule has 0 bridgehead atoms. The maximum Gasteiger partial charge on any atom is 0.262 e. The summed E-state index contributed by atoms with van der Waals surface area (Å²) in [6.45, 7) is 0. The van der Waals surface area contributed by atoms with E-state index >= 15 is 0 Å². The van der Waals surface area contributed by atoms with Crippen molar-refractivity contribution in [2.45, 2.75) is 43.3 Å². The monoisotopic (exact) mass is 335 g/mol. The van der Waals surface area contributed by atoms with Gasteiger partial charge in [0, 0.05) is 6.04 Å². The SMILES string of the molecule is O=C(CSc1nc2cccc(F)c2c(=O)[nH]1)NC1CCCCC1. The van der Waals surface area contributed by atoms with Crippen molar-refractivity contribution in [3.8, 4) is 0 Å². The molecule has 1 aliphatic carbocycles. The predicted molar refractivity (Wildman–Crippen MR) is 88.1 cm³/mol. The molecular formula is C16H18FN3O2S. The summed E-state index contributed by atoms with van der Waals surface area (Å²) in [5.41, 5.74) is -0.229. The molecule has 0 spiro atoms. The fraction of sp³-hybridized carbons (Fsp3) is 0.438. The summed E-state index contributed by atoms with van der Waals surface area (Å²) < 4.78 is 13.6. The van der Waals surface area contributed by atoms with E-state index in [2.05, 4.69) is 15.3 Å². The summed E-state index contributed by atoms with van der Waals surface area (Å²) in [5.74, 6) is -0.480. The third-order valence-electron chi connectivity index (χ3n) is 3.97. The highest BCUT2D eigenvalue weighted by molar-refractivity contribution is 7.99. The van der Waals surface area contributed by atoms with Crippen molar-refractivity contribution in [1.82, 2.24) is 15.3 Å². The van der Waals surface area contributed by atoms with E-state index in [1.54, 1.807) is 6.07 Å². The Bertz CT molecular complexity index is 771. The molecule has 0 saturated heterocycles. The molecule has 1 saturated carbocycles. The van der Waals surface area contributed by atoms with Gasteiger partial charge in [0.2, 0.25) is 5.91 Å². The van der Waals surface area contributed by atoms with Crippen LogP contribution in [0, 0.1) is 5.82 Å². The number of amides is 1. The maximum atomic E-state index is 13.6. The minimum absolute atomic E-state index is 0.0523. The summed E-state index contributed by atoms with van der Waals surface area (Å²) in [5, 5.41) is 3.28. The summed E-state index contributed by atoms with van der Waals surface area (Å²) in [7, 11) is 0. The van der Waals surface area contributed by atoms with E-state index in [1.807, 2.05) is 0 Å². The van der Waals surface area contributed by atoms with Crippen LogP contribution >= 0.6 is 11.8 Å². The topological polar surface area (TPSA) is 74.8 Å². The Morgan fingerprint density at radius 1 is 1.35 bits per heavy atom. The second-order valence-electron chi connectivity index (χ2n) is 5.70. The van der Waals surface area contributed by atoms with E-state index in [9.17, 15) is 14.0 Å². The minimum atomic E-state index is -0.595.